The van der Waals surface area contributed by atoms with E-state index in [1.165, 1.54) is 0 Å². The Balaban J connectivity index is 1.98. The summed E-state index contributed by atoms with van der Waals surface area (Å²) >= 11 is -1.89. The van der Waals surface area contributed by atoms with Crippen molar-refractivity contribution >= 4 is 11.1 Å². The molecule has 1 aromatic carbocycles. The first-order chi connectivity index (χ1) is 13.1. The number of imidazole rings is 1. The molecule has 0 spiro atoms. The molecule has 2 heterocycles. The van der Waals surface area contributed by atoms with Crippen LogP contribution >= 0.6 is 0 Å². The molecule has 0 radical (unpaired) electrons. The molecule has 0 fully saturated rings. The summed E-state index contributed by atoms with van der Waals surface area (Å²) in [5.41, 5.74) is 2.42. The van der Waals surface area contributed by atoms with Gasteiger partial charge < -0.3 is 14.0 Å². The van der Waals surface area contributed by atoms with Gasteiger partial charge in [-0.05, 0) is 37.6 Å². The summed E-state index contributed by atoms with van der Waals surface area (Å²) in [6, 6.07) is 9.30. The summed E-state index contributed by atoms with van der Waals surface area (Å²) in [5, 5.41) is 0. The van der Waals surface area contributed by atoms with Crippen LogP contribution in [0.3, 0.4) is 0 Å². The summed E-state index contributed by atoms with van der Waals surface area (Å²) in [6.45, 7) is 4.98. The summed E-state index contributed by atoms with van der Waals surface area (Å²) in [5.74, 6) is 2.16. The highest BCUT2D eigenvalue weighted by Gasteiger charge is 2.12. The van der Waals surface area contributed by atoms with E-state index in [1.807, 2.05) is 36.6 Å². The third kappa shape index (κ3) is 4.72. The summed E-state index contributed by atoms with van der Waals surface area (Å²) < 4.78 is 33.1. The summed E-state index contributed by atoms with van der Waals surface area (Å²) in [6.07, 6.45) is 5.02. The number of hydrogen-bond donors (Lipinski definition) is 1. The van der Waals surface area contributed by atoms with Gasteiger partial charge in [0.25, 0.3) is 0 Å². The van der Waals surface area contributed by atoms with Gasteiger partial charge in [0, 0.05) is 17.8 Å². The van der Waals surface area contributed by atoms with E-state index in [1.54, 1.807) is 30.9 Å². The third-order valence-electron chi connectivity index (χ3n) is 3.78. The van der Waals surface area contributed by atoms with Crippen LogP contribution in [0.25, 0.3) is 17.1 Å². The highest BCUT2D eigenvalue weighted by molar-refractivity contribution is 7.78. The molecule has 0 saturated carbocycles. The van der Waals surface area contributed by atoms with Crippen molar-refractivity contribution in [1.82, 2.24) is 14.5 Å². The molecular weight excluding hydrogens is 366 g/mol. The topological polar surface area (TPSA) is 86.5 Å². The third-order valence-corrected chi connectivity index (χ3v) is 4.36. The minimum absolute atomic E-state index is 0.0538. The van der Waals surface area contributed by atoms with Gasteiger partial charge in [-0.25, -0.2) is 14.2 Å². The lowest BCUT2D eigenvalue weighted by Crippen LogP contribution is -2.01. The van der Waals surface area contributed by atoms with E-state index in [2.05, 4.69) is 9.97 Å². The van der Waals surface area contributed by atoms with Crippen LogP contribution in [0.4, 0.5) is 0 Å². The molecule has 0 aliphatic carbocycles. The average Bonchev–Trinajstić information content (AvgIpc) is 3.12. The van der Waals surface area contributed by atoms with Crippen LogP contribution in [0.5, 0.6) is 11.5 Å². The molecule has 1 N–H and O–H groups in total. The molecule has 142 valence electrons. The van der Waals surface area contributed by atoms with Crippen molar-refractivity contribution in [3.05, 3.63) is 54.6 Å². The molecule has 0 saturated heterocycles. The quantitative estimate of drug-likeness (QED) is 0.596. The zero-order chi connectivity index (χ0) is 19.2. The van der Waals surface area contributed by atoms with Gasteiger partial charge in [-0.2, -0.15) is 0 Å². The maximum Gasteiger partial charge on any atom is 0.157 e. The molecule has 27 heavy (non-hydrogen) atoms. The fourth-order valence-electron chi connectivity index (χ4n) is 2.70. The lowest BCUT2D eigenvalue weighted by molar-refractivity contribution is 0.323. The lowest BCUT2D eigenvalue weighted by atomic mass is 10.1. The van der Waals surface area contributed by atoms with Gasteiger partial charge in [0.1, 0.15) is 23.6 Å². The highest BCUT2D eigenvalue weighted by Crippen LogP contribution is 2.31. The first kappa shape index (κ1) is 19.1. The van der Waals surface area contributed by atoms with Crippen LogP contribution in [0.15, 0.2) is 49.1 Å². The largest absolute Gasteiger partial charge is 0.494 e. The molecule has 1 atom stereocenters. The smallest absolute Gasteiger partial charge is 0.157 e. The van der Waals surface area contributed by atoms with E-state index in [4.69, 9.17) is 14.0 Å². The van der Waals surface area contributed by atoms with E-state index in [9.17, 15) is 4.21 Å². The Morgan fingerprint density at radius 1 is 1.07 bits per heavy atom. The maximum absolute atomic E-state index is 10.9. The van der Waals surface area contributed by atoms with Crippen LogP contribution < -0.4 is 9.47 Å². The number of hydrogen-bond acceptors (Lipinski definition) is 5. The second kappa shape index (κ2) is 8.79. The fraction of sp³-hybridized carbons (Fsp3) is 0.263. The summed E-state index contributed by atoms with van der Waals surface area (Å²) in [4.78, 5) is 8.64. The highest BCUT2D eigenvalue weighted by atomic mass is 32.2. The molecule has 0 aliphatic heterocycles. The molecule has 7 nitrogen and oxygen atoms in total. The van der Waals surface area contributed by atoms with Crippen molar-refractivity contribution in [3.63, 3.8) is 0 Å². The van der Waals surface area contributed by atoms with E-state index in [-0.39, 0.29) is 5.75 Å². The van der Waals surface area contributed by atoms with Gasteiger partial charge in [-0.1, -0.05) is 6.07 Å². The number of nitrogens with zero attached hydrogens (tertiary/aromatic N) is 3. The van der Waals surface area contributed by atoms with Crippen molar-refractivity contribution in [2.24, 2.45) is 0 Å². The molecule has 8 heteroatoms. The van der Waals surface area contributed by atoms with E-state index in [0.717, 1.165) is 22.8 Å². The molecule has 1 unspecified atom stereocenters. The molecule has 3 rings (SSSR count). The van der Waals surface area contributed by atoms with Crippen LogP contribution in [0, 0.1) is 0 Å². The zero-order valence-corrected chi connectivity index (χ0v) is 16.0. The summed E-state index contributed by atoms with van der Waals surface area (Å²) in [7, 11) is 0. The standard InChI is InChI=1S/C19H21N3O4S/c1-3-25-16-7-15(8-17(9-16)26-4-2)18-11-20-13-22(18)19-6-5-14(10-21-19)12-27(23)24/h5-11,13H,3-4,12H2,1-2H3,(H,23,24). The monoisotopic (exact) mass is 387 g/mol. The van der Waals surface area contributed by atoms with E-state index >= 15 is 0 Å². The molecule has 2 aromatic heterocycles. The Labute approximate surface area is 160 Å². The van der Waals surface area contributed by atoms with E-state index < -0.39 is 11.1 Å². The minimum atomic E-state index is -1.89. The average molecular weight is 387 g/mol. The maximum atomic E-state index is 10.9. The number of ether oxygens (including phenoxy) is 2. The predicted octanol–water partition coefficient (Wildman–Crippen LogP) is 3.45. The van der Waals surface area contributed by atoms with Crippen LogP contribution in [-0.4, -0.2) is 36.5 Å². The van der Waals surface area contributed by atoms with Gasteiger partial charge in [0.15, 0.2) is 11.1 Å². The van der Waals surface area contributed by atoms with Gasteiger partial charge >= 0.3 is 0 Å². The van der Waals surface area contributed by atoms with Gasteiger partial charge in [-0.15, -0.1) is 0 Å². The predicted molar refractivity (Wildman–Crippen MR) is 104 cm³/mol. The minimum Gasteiger partial charge on any atom is -0.494 e. The van der Waals surface area contributed by atoms with Gasteiger partial charge in [0.05, 0.1) is 30.9 Å². The number of rotatable bonds is 8. The Kier molecular flexibility index (Phi) is 6.20. The normalized spacial score (nSPS) is 12.0. The molecule has 0 amide bonds. The first-order valence-corrected chi connectivity index (χ1v) is 9.84. The molecule has 3 aromatic rings. The number of aromatic nitrogens is 3. The second-order valence-electron chi connectivity index (χ2n) is 5.70. The van der Waals surface area contributed by atoms with Gasteiger partial charge in [-0.3, -0.25) is 4.57 Å². The van der Waals surface area contributed by atoms with Crippen molar-refractivity contribution in [2.45, 2.75) is 19.6 Å². The van der Waals surface area contributed by atoms with Crippen molar-refractivity contribution in [3.8, 4) is 28.6 Å². The van der Waals surface area contributed by atoms with Crippen molar-refractivity contribution in [2.75, 3.05) is 13.2 Å². The Morgan fingerprint density at radius 2 is 1.78 bits per heavy atom. The SMILES string of the molecule is CCOc1cc(OCC)cc(-c2cncn2-c2ccc(CS(=O)O)cn2)c1. The van der Waals surface area contributed by atoms with Crippen molar-refractivity contribution in [1.29, 1.82) is 0 Å². The first-order valence-electron chi connectivity index (χ1n) is 8.56. The lowest BCUT2D eigenvalue weighted by Gasteiger charge is -2.12. The van der Waals surface area contributed by atoms with Crippen molar-refractivity contribution < 1.29 is 18.2 Å². The second-order valence-corrected chi connectivity index (χ2v) is 6.63. The Bertz CT molecular complexity index is 901. The fourth-order valence-corrected chi connectivity index (χ4v) is 3.15. The molecular formula is C19H21N3O4S. The Hall–Kier alpha value is -2.71. The molecule has 0 aliphatic rings. The number of benzene rings is 1. The van der Waals surface area contributed by atoms with Gasteiger partial charge in [0.2, 0.25) is 0 Å². The Morgan fingerprint density at radius 3 is 2.33 bits per heavy atom. The van der Waals surface area contributed by atoms with Crippen LogP contribution in [0.2, 0.25) is 0 Å². The van der Waals surface area contributed by atoms with Crippen LogP contribution in [0.1, 0.15) is 19.4 Å². The number of pyridine rings is 1. The van der Waals surface area contributed by atoms with E-state index in [0.29, 0.717) is 24.6 Å². The van der Waals surface area contributed by atoms with Crippen LogP contribution in [-0.2, 0) is 16.8 Å². The molecule has 0 bridgehead atoms. The zero-order valence-electron chi connectivity index (χ0n) is 15.2.